The zero-order valence-electron chi connectivity index (χ0n) is 32.3. The number of aryl methyl sites for hydroxylation is 1. The van der Waals surface area contributed by atoms with Crippen LogP contribution < -0.4 is 5.32 Å². The number of methoxy groups -OCH3 is 1. The Morgan fingerprint density at radius 2 is 1.77 bits per heavy atom. The molecule has 13 nitrogen and oxygen atoms in total. The molecular weight excluding hydrogens is 717 g/mol. The van der Waals surface area contributed by atoms with E-state index in [4.69, 9.17) is 9.47 Å². The number of rotatable bonds is 18. The topological polar surface area (TPSA) is 161 Å². The summed E-state index contributed by atoms with van der Waals surface area (Å²) in [7, 11) is 5.10. The molecule has 0 aromatic carbocycles. The van der Waals surface area contributed by atoms with Gasteiger partial charge in [-0.3, -0.25) is 28.9 Å². The van der Waals surface area contributed by atoms with Crippen LogP contribution in [0.5, 0.6) is 0 Å². The molecule has 0 saturated carbocycles. The third kappa shape index (κ3) is 11.8. The van der Waals surface area contributed by atoms with Gasteiger partial charge < -0.3 is 19.7 Å². The highest BCUT2D eigenvalue weighted by Crippen LogP contribution is 2.37. The van der Waals surface area contributed by atoms with Crippen molar-refractivity contribution in [2.75, 3.05) is 39.3 Å². The Kier molecular flexibility index (Phi) is 15.8. The lowest BCUT2D eigenvalue weighted by atomic mass is 9.84. The molecule has 292 valence electrons. The first kappa shape index (κ1) is 42.3. The molecular formula is C38H56N6O7S2. The number of carbonyl (C=O) groups is 5. The summed E-state index contributed by atoms with van der Waals surface area (Å²) in [5.41, 5.74) is 1.04. The lowest BCUT2D eigenvalue weighted by molar-refractivity contribution is -0.149. The molecule has 15 heteroatoms. The van der Waals surface area contributed by atoms with Gasteiger partial charge in [-0.25, -0.2) is 15.0 Å². The van der Waals surface area contributed by atoms with Crippen LogP contribution in [0.15, 0.2) is 17.8 Å². The second-order valence-corrected chi connectivity index (χ2v) is 16.9. The number of likely N-dealkylation sites (N-methyl/N-ethyl adjacent to an activating group) is 1. The summed E-state index contributed by atoms with van der Waals surface area (Å²) in [6.07, 6.45) is 6.59. The molecule has 2 saturated heterocycles. The third-order valence-electron chi connectivity index (χ3n) is 10.4. The van der Waals surface area contributed by atoms with Gasteiger partial charge in [0.1, 0.15) is 16.5 Å². The molecule has 6 atom stereocenters. The zero-order valence-corrected chi connectivity index (χ0v) is 34.0. The number of thiazole rings is 1. The fourth-order valence-electron chi connectivity index (χ4n) is 7.16. The van der Waals surface area contributed by atoms with Crippen LogP contribution >= 0.6 is 23.1 Å². The second-order valence-electron chi connectivity index (χ2n) is 14.9. The van der Waals surface area contributed by atoms with Gasteiger partial charge in [-0.2, -0.15) is 11.8 Å². The second kappa shape index (κ2) is 19.8. The number of aromatic nitrogens is 3. The van der Waals surface area contributed by atoms with Crippen molar-refractivity contribution in [2.24, 2.45) is 23.7 Å². The SMILES string of the molecule is COC(=O)[C@@H](C)C[C@H](Cc1ncc(C)cn1)NC(=O)c1csc([C@@H](C[C@H](C(C)C)N(C)C(=O)[C@@H](CC(=O)[C@H]2CCCCN2C)C2CSC2)OC(C)=O)n1. The molecule has 0 radical (unpaired) electrons. The van der Waals surface area contributed by atoms with E-state index in [1.54, 1.807) is 48.4 Å². The van der Waals surface area contributed by atoms with Crippen LogP contribution in [-0.4, -0.2) is 112 Å². The maximum atomic E-state index is 14.3. The Morgan fingerprint density at radius 1 is 1.08 bits per heavy atom. The summed E-state index contributed by atoms with van der Waals surface area (Å²) in [6, 6.07) is -0.981. The highest BCUT2D eigenvalue weighted by Gasteiger charge is 2.41. The number of thioether (sulfide) groups is 1. The van der Waals surface area contributed by atoms with Crippen molar-refractivity contribution in [1.29, 1.82) is 0 Å². The molecule has 4 rings (SSSR count). The van der Waals surface area contributed by atoms with Gasteiger partial charge >= 0.3 is 11.9 Å². The Morgan fingerprint density at radius 3 is 2.36 bits per heavy atom. The molecule has 2 aliphatic heterocycles. The standard InChI is InChI=1S/C38H56N6O7S2/c1-22(2)31(44(7)37(48)28(26-19-52-20-26)15-32(46)30-11-9-10-12-43(30)6)16-33(51-25(5)45)36-42-29(21-53-36)35(47)41-27(13-24(4)38(49)50-8)14-34-39-17-23(3)18-40-34/h17-18,21-22,24,26-28,30-31,33H,9-16,19-20H2,1-8H3,(H,41,47)/t24-,27+,28-,30+,31+,33+/m0/s1. The molecule has 0 spiro atoms. The number of piperidine rings is 1. The first-order valence-corrected chi connectivity index (χ1v) is 20.6. The average Bonchev–Trinajstić information content (AvgIpc) is 3.59. The summed E-state index contributed by atoms with van der Waals surface area (Å²) in [4.78, 5) is 83.3. The number of ketones is 1. The summed E-state index contributed by atoms with van der Waals surface area (Å²) < 4.78 is 10.7. The molecule has 0 bridgehead atoms. The van der Waals surface area contributed by atoms with Crippen LogP contribution in [0, 0.1) is 30.6 Å². The van der Waals surface area contributed by atoms with Crippen molar-refractivity contribution in [3.8, 4) is 0 Å². The minimum Gasteiger partial charge on any atom is -0.469 e. The predicted octanol–water partition coefficient (Wildman–Crippen LogP) is 4.68. The lowest BCUT2D eigenvalue weighted by Gasteiger charge is -2.40. The van der Waals surface area contributed by atoms with E-state index in [9.17, 15) is 24.0 Å². The average molecular weight is 773 g/mol. The largest absolute Gasteiger partial charge is 0.469 e. The van der Waals surface area contributed by atoms with Crippen LogP contribution in [0.25, 0.3) is 0 Å². The normalized spacial score (nSPS) is 19.3. The maximum absolute atomic E-state index is 14.3. The molecule has 1 N–H and O–H groups in total. The Labute approximate surface area is 321 Å². The predicted molar refractivity (Wildman–Crippen MR) is 204 cm³/mol. The van der Waals surface area contributed by atoms with E-state index in [0.717, 1.165) is 42.9 Å². The fraction of sp³-hybridized carbons (Fsp3) is 0.684. The highest BCUT2D eigenvalue weighted by atomic mass is 32.2. The van der Waals surface area contributed by atoms with Crippen molar-refractivity contribution in [2.45, 2.75) is 104 Å². The van der Waals surface area contributed by atoms with Crippen LogP contribution in [0.3, 0.4) is 0 Å². The number of Topliss-reactive ketones (excluding diaryl/α,β-unsaturated/α-hetero) is 1. The first-order valence-electron chi connectivity index (χ1n) is 18.5. The summed E-state index contributed by atoms with van der Waals surface area (Å²) in [5.74, 6) is 0.181. The number of esters is 2. The van der Waals surface area contributed by atoms with Crippen LogP contribution in [0.2, 0.25) is 0 Å². The van der Waals surface area contributed by atoms with Crippen molar-refractivity contribution in [3.63, 3.8) is 0 Å². The Balaban J connectivity index is 1.50. The van der Waals surface area contributed by atoms with Crippen molar-refractivity contribution in [1.82, 2.24) is 30.1 Å². The van der Waals surface area contributed by atoms with Gasteiger partial charge in [0.25, 0.3) is 5.91 Å². The molecule has 2 fully saturated rings. The minimum absolute atomic E-state index is 0.0112. The molecule has 2 aromatic rings. The molecule has 0 aliphatic carbocycles. The van der Waals surface area contributed by atoms with Crippen molar-refractivity contribution < 1.29 is 33.4 Å². The zero-order chi connectivity index (χ0) is 38.8. The summed E-state index contributed by atoms with van der Waals surface area (Å²) in [5, 5.41) is 5.04. The number of hydrogen-bond acceptors (Lipinski definition) is 13. The van der Waals surface area contributed by atoms with E-state index in [1.807, 2.05) is 27.8 Å². The van der Waals surface area contributed by atoms with E-state index in [-0.39, 0.29) is 54.1 Å². The fourth-order valence-corrected chi connectivity index (χ4v) is 8.97. The molecule has 0 unspecified atom stereocenters. The lowest BCUT2D eigenvalue weighted by Crippen LogP contribution is -2.50. The monoisotopic (exact) mass is 772 g/mol. The minimum atomic E-state index is -0.812. The number of nitrogens with zero attached hydrogens (tertiary/aromatic N) is 5. The summed E-state index contributed by atoms with van der Waals surface area (Å²) in [6.45, 7) is 9.87. The van der Waals surface area contributed by atoms with Gasteiger partial charge in [-0.05, 0) is 68.7 Å². The van der Waals surface area contributed by atoms with E-state index in [1.165, 1.54) is 25.4 Å². The first-order chi connectivity index (χ1) is 25.2. The molecule has 2 aromatic heterocycles. The van der Waals surface area contributed by atoms with Crippen molar-refractivity contribution >= 4 is 52.6 Å². The van der Waals surface area contributed by atoms with E-state index in [0.29, 0.717) is 23.7 Å². The van der Waals surface area contributed by atoms with E-state index < -0.39 is 41.8 Å². The van der Waals surface area contributed by atoms with Crippen molar-refractivity contribution in [3.05, 3.63) is 39.9 Å². The van der Waals surface area contributed by atoms with Gasteiger partial charge in [0.15, 0.2) is 11.9 Å². The van der Waals surface area contributed by atoms with E-state index >= 15 is 0 Å². The number of ether oxygens (including phenoxy) is 2. The Bertz CT molecular complexity index is 1570. The third-order valence-corrected chi connectivity index (χ3v) is 12.6. The quantitative estimate of drug-likeness (QED) is 0.209. The van der Waals surface area contributed by atoms with Gasteiger partial charge in [-0.15, -0.1) is 11.3 Å². The smallest absolute Gasteiger partial charge is 0.308 e. The molecule has 2 aliphatic rings. The number of carbonyl (C=O) groups excluding carboxylic acids is 5. The number of nitrogens with one attached hydrogen (secondary N) is 1. The maximum Gasteiger partial charge on any atom is 0.308 e. The van der Waals surface area contributed by atoms with E-state index in [2.05, 4.69) is 25.2 Å². The van der Waals surface area contributed by atoms with Gasteiger partial charge in [0.05, 0.1) is 19.1 Å². The van der Waals surface area contributed by atoms with Gasteiger partial charge in [0, 0.05) is 69.0 Å². The molecule has 4 heterocycles. The van der Waals surface area contributed by atoms with Gasteiger partial charge in [-0.1, -0.05) is 27.2 Å². The molecule has 53 heavy (non-hydrogen) atoms. The Hall–Kier alpha value is -3.43. The number of likely N-dealkylation sites (tertiary alicyclic amines) is 1. The van der Waals surface area contributed by atoms with Crippen LogP contribution in [0.1, 0.15) is 99.2 Å². The molecule has 2 amide bonds. The number of amides is 2. The number of hydrogen-bond donors (Lipinski definition) is 1. The van der Waals surface area contributed by atoms with Gasteiger partial charge in [0.2, 0.25) is 5.91 Å². The highest BCUT2D eigenvalue weighted by molar-refractivity contribution is 8.00. The van der Waals surface area contributed by atoms with Crippen LogP contribution in [-0.2, 0) is 35.1 Å². The summed E-state index contributed by atoms with van der Waals surface area (Å²) >= 11 is 2.99. The van der Waals surface area contributed by atoms with Crippen LogP contribution in [0.4, 0.5) is 0 Å².